The summed E-state index contributed by atoms with van der Waals surface area (Å²) in [6.45, 7) is 6.68. The molecule has 0 spiro atoms. The lowest BCUT2D eigenvalue weighted by molar-refractivity contribution is -0.870. The Bertz CT molecular complexity index is 1660. The van der Waals surface area contributed by atoms with Gasteiger partial charge in [-0.3, -0.25) is 14.2 Å². The van der Waals surface area contributed by atoms with E-state index in [1.54, 1.807) is 0 Å². The van der Waals surface area contributed by atoms with Crippen LogP contribution in [0.2, 0.25) is 0 Å². The first-order valence-electron chi connectivity index (χ1n) is 32.0. The van der Waals surface area contributed by atoms with Crippen LogP contribution in [0, 0.1) is 0 Å². The largest absolute Gasteiger partial charge is 0.756 e. The molecule has 0 aliphatic heterocycles. The van der Waals surface area contributed by atoms with Crippen molar-refractivity contribution >= 4 is 19.7 Å². The predicted molar refractivity (Wildman–Crippen MR) is 334 cm³/mol. The molecule has 0 saturated heterocycles. The summed E-state index contributed by atoms with van der Waals surface area (Å²) in [6.07, 6.45) is 76.6. The zero-order chi connectivity index (χ0) is 57.2. The molecule has 0 bridgehead atoms. The van der Waals surface area contributed by atoms with Crippen LogP contribution < -0.4 is 10.2 Å². The van der Waals surface area contributed by atoms with Crippen LogP contribution in [0.15, 0.2) is 97.2 Å². The minimum absolute atomic E-state index is 0.0323. The molecule has 0 radical (unpaired) electrons. The highest BCUT2D eigenvalue weighted by Crippen LogP contribution is 2.38. The molecule has 450 valence electrons. The third kappa shape index (κ3) is 57.6. The van der Waals surface area contributed by atoms with Crippen LogP contribution in [0.3, 0.4) is 0 Å². The number of nitrogens with zero attached hydrogens (tertiary/aromatic N) is 1. The highest BCUT2D eigenvalue weighted by molar-refractivity contribution is 7.45. The number of hydrogen-bond donors (Lipinski definition) is 1. The van der Waals surface area contributed by atoms with Gasteiger partial charge in [-0.1, -0.05) is 247 Å². The third-order valence-corrected chi connectivity index (χ3v) is 14.7. The van der Waals surface area contributed by atoms with E-state index in [9.17, 15) is 19.0 Å². The third-order valence-electron chi connectivity index (χ3n) is 13.7. The normalized spacial score (nSPS) is 14.3. The number of ether oxygens (including phenoxy) is 1. The molecule has 9 nitrogen and oxygen atoms in total. The van der Waals surface area contributed by atoms with Crippen molar-refractivity contribution < 1.29 is 37.3 Å². The lowest BCUT2D eigenvalue weighted by Crippen LogP contribution is -2.47. The molecule has 0 heterocycles. The number of rotatable bonds is 57. The zero-order valence-electron chi connectivity index (χ0n) is 51.3. The van der Waals surface area contributed by atoms with Crippen molar-refractivity contribution in [1.29, 1.82) is 0 Å². The van der Waals surface area contributed by atoms with Gasteiger partial charge >= 0.3 is 5.97 Å². The average molecular weight is 1110 g/mol. The first-order chi connectivity index (χ1) is 37.9. The summed E-state index contributed by atoms with van der Waals surface area (Å²) in [5.41, 5.74) is 0. The topological polar surface area (TPSA) is 114 Å². The molecule has 0 rings (SSSR count). The second kappa shape index (κ2) is 57.2. The van der Waals surface area contributed by atoms with E-state index < -0.39 is 26.6 Å². The van der Waals surface area contributed by atoms with Crippen molar-refractivity contribution in [2.75, 3.05) is 40.9 Å². The zero-order valence-corrected chi connectivity index (χ0v) is 52.2. The minimum Gasteiger partial charge on any atom is -0.756 e. The molecule has 0 aliphatic rings. The number of quaternary nitrogens is 1. The number of carbonyl (C=O) groups excluding carboxylic acids is 2. The Morgan fingerprint density at radius 1 is 0.462 bits per heavy atom. The van der Waals surface area contributed by atoms with Gasteiger partial charge in [0.15, 0.2) is 0 Å². The number of phosphoric ester groups is 1. The fourth-order valence-corrected chi connectivity index (χ4v) is 9.54. The van der Waals surface area contributed by atoms with Crippen LogP contribution in [0.1, 0.15) is 271 Å². The summed E-state index contributed by atoms with van der Waals surface area (Å²) in [6, 6.07) is -0.909. The van der Waals surface area contributed by atoms with Crippen molar-refractivity contribution in [2.24, 2.45) is 0 Å². The van der Waals surface area contributed by atoms with Crippen LogP contribution in [0.25, 0.3) is 0 Å². The van der Waals surface area contributed by atoms with Gasteiger partial charge in [0.25, 0.3) is 7.82 Å². The van der Waals surface area contributed by atoms with Crippen molar-refractivity contribution in [3.05, 3.63) is 97.2 Å². The quantitative estimate of drug-likeness (QED) is 0.0212. The second-order valence-electron chi connectivity index (χ2n) is 22.5. The molecule has 78 heavy (non-hydrogen) atoms. The first kappa shape index (κ1) is 74.9. The van der Waals surface area contributed by atoms with Gasteiger partial charge in [0.2, 0.25) is 5.91 Å². The van der Waals surface area contributed by atoms with E-state index in [0.717, 1.165) is 103 Å². The van der Waals surface area contributed by atoms with E-state index in [-0.39, 0.29) is 24.9 Å². The Hall–Kier alpha value is -3.07. The number of esters is 1. The molecule has 1 N–H and O–H groups in total. The smallest absolute Gasteiger partial charge is 0.306 e. The number of phosphoric acid groups is 1. The Morgan fingerprint density at radius 3 is 1.27 bits per heavy atom. The molecule has 1 amide bonds. The molecule has 3 atom stereocenters. The molecule has 0 aliphatic carbocycles. The molecule has 0 fully saturated rings. The minimum atomic E-state index is -4.71. The Balaban J connectivity index is 5.27. The van der Waals surface area contributed by atoms with Gasteiger partial charge in [0.1, 0.15) is 19.3 Å². The van der Waals surface area contributed by atoms with E-state index in [2.05, 4.69) is 111 Å². The fraction of sp³-hybridized carbons (Fsp3) is 0.735. The van der Waals surface area contributed by atoms with E-state index in [1.165, 1.54) is 128 Å². The lowest BCUT2D eigenvalue weighted by Gasteiger charge is -2.30. The Kier molecular flexibility index (Phi) is 54.9. The first-order valence-corrected chi connectivity index (χ1v) is 33.5. The monoisotopic (exact) mass is 1110 g/mol. The Morgan fingerprint density at radius 2 is 0.821 bits per heavy atom. The molecule has 3 unspecified atom stereocenters. The van der Waals surface area contributed by atoms with Crippen LogP contribution in [-0.2, 0) is 27.9 Å². The number of unbranched alkanes of at least 4 members (excludes halogenated alkanes) is 27. The van der Waals surface area contributed by atoms with E-state index in [4.69, 9.17) is 13.8 Å². The number of likely N-dealkylation sites (N-methyl/N-ethyl adjacent to an activating group) is 1. The van der Waals surface area contributed by atoms with E-state index in [0.29, 0.717) is 23.9 Å². The number of carbonyl (C=O) groups is 2. The van der Waals surface area contributed by atoms with Gasteiger partial charge in [-0.05, 0) is 109 Å². The second-order valence-corrected chi connectivity index (χ2v) is 23.9. The van der Waals surface area contributed by atoms with Gasteiger partial charge in [-0.2, -0.15) is 0 Å². The highest BCUT2D eigenvalue weighted by atomic mass is 31.2. The molecule has 0 aromatic heterocycles. The molecule has 0 saturated carbocycles. The number of amides is 1. The van der Waals surface area contributed by atoms with Crippen LogP contribution in [0.4, 0.5) is 0 Å². The standard InChI is InChI=1S/C68H121N2O7P/c1-7-10-13-16-19-22-25-28-30-32-34-35-37-38-40-42-45-48-51-54-57-60-67(71)69-65(64-76-78(73,74)75-63-62-70(4,5)6)66(59-56-53-50-47-44-27-24-21-18-15-12-9-3)77-68(72)61-58-55-52-49-46-43-41-39-36-33-31-29-26-23-20-17-14-11-8-2/h11,14,19-20,22-23,28-31,36,39,43,46,56,59,65-66H,7-10,12-13,15-18,21,24-27,32-35,37-38,40-42,44-45,47-55,57-58,60-64H2,1-6H3,(H-,69,71,73,74)/b14-11-,22-19-,23-20-,30-28-,31-29-,39-36-,46-43-,59-56+. The summed E-state index contributed by atoms with van der Waals surface area (Å²) < 4.78 is 30.3. The Labute approximate surface area is 481 Å². The maximum Gasteiger partial charge on any atom is 0.306 e. The van der Waals surface area contributed by atoms with Crippen molar-refractivity contribution in [3.63, 3.8) is 0 Å². The number of hydrogen-bond acceptors (Lipinski definition) is 7. The van der Waals surface area contributed by atoms with Crippen LogP contribution in [0.5, 0.6) is 0 Å². The fourth-order valence-electron chi connectivity index (χ4n) is 8.81. The maximum absolute atomic E-state index is 13.6. The average Bonchev–Trinajstić information content (AvgIpc) is 3.40. The van der Waals surface area contributed by atoms with Crippen LogP contribution in [-0.4, -0.2) is 69.4 Å². The van der Waals surface area contributed by atoms with Crippen LogP contribution >= 0.6 is 7.82 Å². The van der Waals surface area contributed by atoms with E-state index >= 15 is 0 Å². The van der Waals surface area contributed by atoms with Gasteiger partial charge in [0.05, 0.1) is 33.8 Å². The van der Waals surface area contributed by atoms with Crippen molar-refractivity contribution in [3.8, 4) is 0 Å². The van der Waals surface area contributed by atoms with Gasteiger partial charge in [-0.25, -0.2) is 0 Å². The predicted octanol–water partition coefficient (Wildman–Crippen LogP) is 19.3. The van der Waals surface area contributed by atoms with Crippen molar-refractivity contribution in [1.82, 2.24) is 5.32 Å². The lowest BCUT2D eigenvalue weighted by atomic mass is 10.0. The number of nitrogens with one attached hydrogen (secondary N) is 1. The molecular formula is C68H121N2O7P. The summed E-state index contributed by atoms with van der Waals surface area (Å²) in [4.78, 5) is 40.0. The van der Waals surface area contributed by atoms with Crippen molar-refractivity contribution in [2.45, 2.75) is 283 Å². The maximum atomic E-state index is 13.6. The number of allylic oxidation sites excluding steroid dienone is 15. The van der Waals surface area contributed by atoms with Gasteiger partial charge < -0.3 is 28.5 Å². The summed E-state index contributed by atoms with van der Waals surface area (Å²) in [5.74, 6) is -0.582. The molecule has 0 aromatic carbocycles. The molecule has 10 heteroatoms. The van der Waals surface area contributed by atoms with E-state index in [1.807, 2.05) is 33.3 Å². The van der Waals surface area contributed by atoms with Gasteiger partial charge in [0, 0.05) is 12.8 Å². The molecule has 0 aromatic rings. The summed E-state index contributed by atoms with van der Waals surface area (Å²) >= 11 is 0. The highest BCUT2D eigenvalue weighted by Gasteiger charge is 2.27. The van der Waals surface area contributed by atoms with Gasteiger partial charge in [-0.15, -0.1) is 0 Å². The molecular weight excluding hydrogens is 988 g/mol. The summed E-state index contributed by atoms with van der Waals surface area (Å²) in [5, 5.41) is 3.02. The summed E-state index contributed by atoms with van der Waals surface area (Å²) in [7, 11) is 1.16. The SMILES string of the molecule is CC/C=C\C/C=C\C/C=C\C/C=C\C/C=C\CCCCCC(=O)OC(/C=C/CCCCCCCCCCCC)C(COP(=O)([O-])OCC[N+](C)(C)C)NC(=O)CCCCCCCCCCCCC/C=C\C/C=C\CCCCC.